The highest BCUT2D eigenvalue weighted by Gasteiger charge is 2.40. The lowest BCUT2D eigenvalue weighted by Gasteiger charge is -2.49. The van der Waals surface area contributed by atoms with Crippen LogP contribution in [0.1, 0.15) is 24.4 Å². The van der Waals surface area contributed by atoms with Crippen LogP contribution in [0.25, 0.3) is 0 Å². The second-order valence-corrected chi connectivity index (χ2v) is 6.97. The van der Waals surface area contributed by atoms with Gasteiger partial charge in [-0.2, -0.15) is 0 Å². The summed E-state index contributed by atoms with van der Waals surface area (Å²) in [5, 5.41) is 7.61. The van der Waals surface area contributed by atoms with Crippen molar-refractivity contribution in [2.75, 3.05) is 13.1 Å². The predicted molar refractivity (Wildman–Crippen MR) is 87.1 cm³/mol. The van der Waals surface area contributed by atoms with Crippen LogP contribution in [0, 0.1) is 5.92 Å². The molecule has 20 heavy (non-hydrogen) atoms. The van der Waals surface area contributed by atoms with Gasteiger partial charge in [-0.25, -0.2) is 0 Å². The molecule has 0 amide bonds. The third-order valence-corrected chi connectivity index (χ3v) is 5.27. The second-order valence-electron chi connectivity index (χ2n) is 5.64. The van der Waals surface area contributed by atoms with Gasteiger partial charge in [0.05, 0.1) is 11.7 Å². The number of hydrogen-bond donors (Lipinski definition) is 2. The summed E-state index contributed by atoms with van der Waals surface area (Å²) in [4.78, 5) is 2.52. The van der Waals surface area contributed by atoms with Gasteiger partial charge in [0.1, 0.15) is 0 Å². The lowest BCUT2D eigenvalue weighted by atomic mass is 9.83. The summed E-state index contributed by atoms with van der Waals surface area (Å²) in [6.45, 7) is 2.35. The fourth-order valence-corrected chi connectivity index (χ4v) is 4.04. The van der Waals surface area contributed by atoms with Gasteiger partial charge in [0, 0.05) is 29.2 Å². The zero-order valence-corrected chi connectivity index (χ0v) is 13.4. The first-order chi connectivity index (χ1) is 9.72. The van der Waals surface area contributed by atoms with Gasteiger partial charge in [0.15, 0.2) is 5.11 Å². The molecule has 1 aromatic rings. The maximum atomic E-state index is 5.41. The van der Waals surface area contributed by atoms with E-state index in [4.69, 9.17) is 12.2 Å². The number of benzene rings is 1. The summed E-state index contributed by atoms with van der Waals surface area (Å²) in [6.07, 6.45) is 2.50. The Bertz CT molecular complexity index is 588. The molecule has 2 N–H and O–H groups in total. The summed E-state index contributed by atoms with van der Waals surface area (Å²) >= 11 is 8.91. The first-order valence-corrected chi connectivity index (χ1v) is 8.24. The molecule has 0 aliphatic carbocycles. The minimum atomic E-state index is 0.190. The van der Waals surface area contributed by atoms with Crippen LogP contribution in [0.3, 0.4) is 0 Å². The molecule has 1 atom stereocenters. The Balaban J connectivity index is 1.80. The molecule has 0 spiro atoms. The Labute approximate surface area is 132 Å². The van der Waals surface area contributed by atoms with Crippen LogP contribution in [0.2, 0.25) is 0 Å². The first-order valence-electron chi connectivity index (χ1n) is 7.04. The number of fused-ring (bicyclic) bond motifs is 2. The van der Waals surface area contributed by atoms with Gasteiger partial charge in [-0.15, -0.1) is 0 Å². The van der Waals surface area contributed by atoms with Gasteiger partial charge in [-0.3, -0.25) is 0 Å². The van der Waals surface area contributed by atoms with Gasteiger partial charge < -0.3 is 15.5 Å². The molecule has 3 nitrogen and oxygen atoms in total. The van der Waals surface area contributed by atoms with Crippen LogP contribution < -0.4 is 10.6 Å². The van der Waals surface area contributed by atoms with Gasteiger partial charge in [0.2, 0.25) is 0 Å². The highest BCUT2D eigenvalue weighted by Crippen LogP contribution is 2.41. The van der Waals surface area contributed by atoms with Crippen LogP contribution in [-0.2, 0) is 0 Å². The number of hydrogen-bond acceptors (Lipinski definition) is 2. The molecular weight excluding hydrogens is 334 g/mol. The molecule has 0 radical (unpaired) electrons. The Morgan fingerprint density at radius 1 is 1.15 bits per heavy atom. The van der Waals surface area contributed by atoms with Crippen LogP contribution in [0.15, 0.2) is 40.1 Å². The molecule has 4 aliphatic heterocycles. The SMILES string of the molecule is S=C1NC2=C([C@H](c3ccc(Br)cc3)N1)N1CCC2CC1. The van der Waals surface area contributed by atoms with Gasteiger partial charge in [-0.05, 0) is 42.8 Å². The standard InChI is InChI=1S/C15H16BrN3S/c16-11-3-1-9(2-4-11)12-14-13(18-15(20)17-12)10-5-7-19(14)8-6-10/h1-4,10,12H,5-8H2,(H2,17,18,20)/t12-/m0/s1. The van der Waals surface area contributed by atoms with E-state index in [-0.39, 0.29) is 6.04 Å². The maximum absolute atomic E-state index is 5.41. The number of rotatable bonds is 1. The molecule has 5 rings (SSSR count). The number of halogens is 1. The summed E-state index contributed by atoms with van der Waals surface area (Å²) in [7, 11) is 0. The second kappa shape index (κ2) is 4.74. The van der Waals surface area contributed by atoms with E-state index in [1.165, 1.54) is 42.9 Å². The molecule has 2 bridgehead atoms. The largest absolute Gasteiger partial charge is 0.371 e. The topological polar surface area (TPSA) is 27.3 Å². The Morgan fingerprint density at radius 2 is 1.85 bits per heavy atom. The molecule has 0 unspecified atom stereocenters. The molecule has 104 valence electrons. The Kier molecular flexibility index (Phi) is 3.00. The van der Waals surface area contributed by atoms with Crippen molar-refractivity contribution >= 4 is 33.3 Å². The maximum Gasteiger partial charge on any atom is 0.171 e. The molecule has 4 heterocycles. The molecule has 0 aromatic heterocycles. The average Bonchev–Trinajstić information content (AvgIpc) is 2.48. The summed E-state index contributed by atoms with van der Waals surface area (Å²) < 4.78 is 1.11. The molecule has 5 heteroatoms. The minimum Gasteiger partial charge on any atom is -0.371 e. The van der Waals surface area contributed by atoms with E-state index in [0.717, 1.165) is 9.59 Å². The van der Waals surface area contributed by atoms with Crippen LogP contribution >= 0.6 is 28.1 Å². The fraction of sp³-hybridized carbons (Fsp3) is 0.400. The van der Waals surface area contributed by atoms with Crippen molar-refractivity contribution in [1.82, 2.24) is 15.5 Å². The van der Waals surface area contributed by atoms with Crippen molar-refractivity contribution in [1.29, 1.82) is 0 Å². The smallest absolute Gasteiger partial charge is 0.171 e. The summed E-state index contributed by atoms with van der Waals surface area (Å²) in [6, 6.07) is 8.72. The predicted octanol–water partition coefficient (Wildman–Crippen LogP) is 2.91. The minimum absolute atomic E-state index is 0.190. The number of nitrogens with one attached hydrogen (secondary N) is 2. The normalized spacial score (nSPS) is 25.4. The van der Waals surface area contributed by atoms with E-state index in [0.29, 0.717) is 5.92 Å². The van der Waals surface area contributed by atoms with E-state index in [9.17, 15) is 0 Å². The Morgan fingerprint density at radius 3 is 2.55 bits per heavy atom. The lowest BCUT2D eigenvalue weighted by molar-refractivity contribution is 0.181. The highest BCUT2D eigenvalue weighted by molar-refractivity contribution is 9.10. The molecule has 1 saturated heterocycles. The molecule has 1 fully saturated rings. The average molecular weight is 350 g/mol. The van der Waals surface area contributed by atoms with Crippen LogP contribution in [0.4, 0.5) is 0 Å². The van der Waals surface area contributed by atoms with E-state index in [1.807, 2.05) is 0 Å². The quantitative estimate of drug-likeness (QED) is 0.762. The monoisotopic (exact) mass is 349 g/mol. The van der Waals surface area contributed by atoms with Gasteiger partial charge >= 0.3 is 0 Å². The van der Waals surface area contributed by atoms with Crippen molar-refractivity contribution in [3.63, 3.8) is 0 Å². The van der Waals surface area contributed by atoms with Crippen LogP contribution in [-0.4, -0.2) is 23.1 Å². The molecule has 4 aliphatic rings. The van der Waals surface area contributed by atoms with E-state index in [2.05, 4.69) is 55.7 Å². The zero-order chi connectivity index (χ0) is 13.7. The van der Waals surface area contributed by atoms with Crippen molar-refractivity contribution in [3.05, 3.63) is 45.7 Å². The molecule has 0 saturated carbocycles. The third kappa shape index (κ3) is 1.95. The van der Waals surface area contributed by atoms with Crippen LogP contribution in [0.5, 0.6) is 0 Å². The van der Waals surface area contributed by atoms with E-state index < -0.39 is 0 Å². The zero-order valence-electron chi connectivity index (χ0n) is 11.0. The highest BCUT2D eigenvalue weighted by atomic mass is 79.9. The summed E-state index contributed by atoms with van der Waals surface area (Å²) in [5.74, 6) is 0.660. The Hall–Kier alpha value is -1.07. The first kappa shape index (κ1) is 12.7. The molecule has 1 aromatic carbocycles. The van der Waals surface area contributed by atoms with E-state index >= 15 is 0 Å². The third-order valence-electron chi connectivity index (χ3n) is 4.52. The van der Waals surface area contributed by atoms with Crippen molar-refractivity contribution < 1.29 is 0 Å². The van der Waals surface area contributed by atoms with Crippen molar-refractivity contribution in [3.8, 4) is 0 Å². The van der Waals surface area contributed by atoms with Crippen molar-refractivity contribution in [2.24, 2.45) is 5.92 Å². The number of thiocarbonyl (C=S) groups is 1. The molecular formula is C15H16BrN3S. The number of piperidine rings is 1. The van der Waals surface area contributed by atoms with E-state index in [1.54, 1.807) is 0 Å². The lowest BCUT2D eigenvalue weighted by Crippen LogP contribution is -2.55. The van der Waals surface area contributed by atoms with Gasteiger partial charge in [0.25, 0.3) is 0 Å². The van der Waals surface area contributed by atoms with Crippen molar-refractivity contribution in [2.45, 2.75) is 18.9 Å². The number of allylic oxidation sites excluding steroid dienone is 1. The number of nitrogens with zero attached hydrogens (tertiary/aromatic N) is 1. The fourth-order valence-electron chi connectivity index (χ4n) is 3.55. The summed E-state index contributed by atoms with van der Waals surface area (Å²) in [5.41, 5.74) is 4.04. The van der Waals surface area contributed by atoms with Gasteiger partial charge in [-0.1, -0.05) is 28.1 Å².